The molecule has 0 N–H and O–H groups in total. The molecule has 0 unspecified atom stereocenters. The summed E-state index contributed by atoms with van der Waals surface area (Å²) in [6.07, 6.45) is 0. The first-order chi connectivity index (χ1) is 9.81. The minimum Gasteiger partial charge on any atom is -0.293 e. The van der Waals surface area contributed by atoms with Gasteiger partial charge in [0.15, 0.2) is 15.6 Å². The number of ketones is 1. The fraction of sp³-hybridized carbons (Fsp3) is 0.188. The van der Waals surface area contributed by atoms with Crippen molar-refractivity contribution in [3.63, 3.8) is 0 Å². The average Bonchev–Trinajstić information content (AvgIpc) is 2.37. The minimum absolute atomic E-state index is 0.109. The van der Waals surface area contributed by atoms with Gasteiger partial charge in [-0.15, -0.1) is 0 Å². The predicted molar refractivity (Wildman–Crippen MR) is 78.7 cm³/mol. The van der Waals surface area contributed by atoms with Gasteiger partial charge < -0.3 is 0 Å². The van der Waals surface area contributed by atoms with E-state index >= 15 is 0 Å². The lowest BCUT2D eigenvalue weighted by Crippen LogP contribution is -2.18. The van der Waals surface area contributed by atoms with Gasteiger partial charge in [-0.3, -0.25) is 4.79 Å². The largest absolute Gasteiger partial charge is 0.293 e. The Morgan fingerprint density at radius 2 is 1.76 bits per heavy atom. The summed E-state index contributed by atoms with van der Waals surface area (Å²) in [6.45, 7) is 3.53. The molecule has 2 rings (SSSR count). The maximum atomic E-state index is 13.5. The summed E-state index contributed by atoms with van der Waals surface area (Å²) in [4.78, 5) is 12.1. The van der Waals surface area contributed by atoms with Crippen LogP contribution < -0.4 is 0 Å². The number of halogens is 1. The lowest BCUT2D eigenvalue weighted by atomic mass is 10.1. The number of rotatable bonds is 4. The molecular weight excluding hydrogens is 291 g/mol. The molecule has 0 heterocycles. The Labute approximate surface area is 123 Å². The molecule has 0 aliphatic rings. The normalized spacial score (nSPS) is 11.4. The molecule has 2 aromatic rings. The van der Waals surface area contributed by atoms with Crippen molar-refractivity contribution in [2.24, 2.45) is 0 Å². The molecule has 0 aromatic heterocycles. The van der Waals surface area contributed by atoms with E-state index in [-0.39, 0.29) is 10.5 Å². The summed E-state index contributed by atoms with van der Waals surface area (Å²) in [6, 6.07) is 10.3. The molecule has 0 amide bonds. The zero-order valence-corrected chi connectivity index (χ0v) is 12.6. The molecule has 0 spiro atoms. The predicted octanol–water partition coefficient (Wildman–Crippen LogP) is 3.10. The van der Waals surface area contributed by atoms with E-state index < -0.39 is 27.2 Å². The van der Waals surface area contributed by atoms with Crippen molar-refractivity contribution < 1.29 is 17.6 Å². The first-order valence-corrected chi connectivity index (χ1v) is 8.04. The van der Waals surface area contributed by atoms with E-state index in [9.17, 15) is 17.6 Å². The number of benzene rings is 2. The van der Waals surface area contributed by atoms with Gasteiger partial charge >= 0.3 is 0 Å². The van der Waals surface area contributed by atoms with Crippen molar-refractivity contribution in [3.8, 4) is 0 Å². The number of Topliss-reactive ketones (excluding diaryl/α,β-unsaturated/α-hetero) is 1. The van der Waals surface area contributed by atoms with Crippen LogP contribution in [0.15, 0.2) is 47.4 Å². The van der Waals surface area contributed by atoms with Crippen LogP contribution in [0.3, 0.4) is 0 Å². The second-order valence-corrected chi connectivity index (χ2v) is 6.89. The highest BCUT2D eigenvalue weighted by atomic mass is 32.2. The third-order valence-electron chi connectivity index (χ3n) is 3.16. The number of carbonyl (C=O) groups is 1. The van der Waals surface area contributed by atoms with Crippen LogP contribution in [0.4, 0.5) is 4.39 Å². The molecule has 2 aromatic carbocycles. The maximum Gasteiger partial charge on any atom is 0.186 e. The standard InChI is InChI=1S/C16H15FO3S/c1-11-7-8-16(12(2)9-11)21(19,20)10-15(18)13-5-3-4-6-14(13)17/h3-9H,10H2,1-2H3. The van der Waals surface area contributed by atoms with E-state index in [2.05, 4.69) is 0 Å². The highest BCUT2D eigenvalue weighted by molar-refractivity contribution is 7.92. The molecule has 0 saturated carbocycles. The molecule has 3 nitrogen and oxygen atoms in total. The van der Waals surface area contributed by atoms with Gasteiger partial charge in [-0.25, -0.2) is 12.8 Å². The lowest BCUT2D eigenvalue weighted by Gasteiger charge is -2.08. The molecular formula is C16H15FO3S. The van der Waals surface area contributed by atoms with E-state index in [1.807, 2.05) is 6.92 Å². The fourth-order valence-corrected chi connectivity index (χ4v) is 3.64. The van der Waals surface area contributed by atoms with Crippen LogP contribution in [0.5, 0.6) is 0 Å². The molecule has 0 aliphatic heterocycles. The van der Waals surface area contributed by atoms with Crippen molar-refractivity contribution in [1.82, 2.24) is 0 Å². The van der Waals surface area contributed by atoms with Crippen molar-refractivity contribution in [1.29, 1.82) is 0 Å². The van der Waals surface area contributed by atoms with Crippen LogP contribution in [-0.2, 0) is 9.84 Å². The van der Waals surface area contributed by atoms with Crippen LogP contribution in [0.1, 0.15) is 21.5 Å². The first-order valence-electron chi connectivity index (χ1n) is 6.39. The summed E-state index contributed by atoms with van der Waals surface area (Å²) in [5.74, 6) is -2.19. The van der Waals surface area contributed by atoms with Gasteiger partial charge in [-0.05, 0) is 37.6 Å². The average molecular weight is 306 g/mol. The van der Waals surface area contributed by atoms with Gasteiger partial charge in [0.2, 0.25) is 0 Å². The Balaban J connectivity index is 2.34. The molecule has 21 heavy (non-hydrogen) atoms. The quantitative estimate of drug-likeness (QED) is 0.816. The molecule has 5 heteroatoms. The number of hydrogen-bond acceptors (Lipinski definition) is 3. The molecule has 110 valence electrons. The first kappa shape index (κ1) is 15.4. The molecule has 0 aliphatic carbocycles. The Kier molecular flexibility index (Phi) is 4.23. The molecule has 0 bridgehead atoms. The third kappa shape index (κ3) is 3.36. The number of hydrogen-bond donors (Lipinski definition) is 0. The summed E-state index contributed by atoms with van der Waals surface area (Å²) in [5, 5.41) is 0. The summed E-state index contributed by atoms with van der Waals surface area (Å²) >= 11 is 0. The topological polar surface area (TPSA) is 51.2 Å². The monoisotopic (exact) mass is 306 g/mol. The lowest BCUT2D eigenvalue weighted by molar-refractivity contribution is 0.101. The number of carbonyl (C=O) groups excluding carboxylic acids is 1. The Bertz CT molecular complexity index is 795. The molecule has 0 atom stereocenters. The number of aryl methyl sites for hydroxylation is 2. The number of sulfone groups is 1. The van der Waals surface area contributed by atoms with Crippen LogP contribution in [0, 0.1) is 19.7 Å². The van der Waals surface area contributed by atoms with Crippen molar-refractivity contribution in [2.75, 3.05) is 5.75 Å². The van der Waals surface area contributed by atoms with Crippen molar-refractivity contribution in [2.45, 2.75) is 18.7 Å². The maximum absolute atomic E-state index is 13.5. The zero-order valence-electron chi connectivity index (χ0n) is 11.8. The summed E-state index contributed by atoms with van der Waals surface area (Å²) in [7, 11) is -3.79. The van der Waals surface area contributed by atoms with Gasteiger partial charge in [0, 0.05) is 0 Å². The van der Waals surface area contributed by atoms with Crippen molar-refractivity contribution in [3.05, 3.63) is 65.0 Å². The molecule has 0 radical (unpaired) electrons. The van der Waals surface area contributed by atoms with E-state index in [0.717, 1.165) is 11.6 Å². The minimum atomic E-state index is -3.79. The van der Waals surface area contributed by atoms with Crippen LogP contribution in [-0.4, -0.2) is 20.0 Å². The molecule has 0 saturated heterocycles. The van der Waals surface area contributed by atoms with Gasteiger partial charge in [0.25, 0.3) is 0 Å². The Morgan fingerprint density at radius 1 is 1.10 bits per heavy atom. The summed E-state index contributed by atoms with van der Waals surface area (Å²) < 4.78 is 38.2. The van der Waals surface area contributed by atoms with Gasteiger partial charge in [0.05, 0.1) is 10.5 Å². The third-order valence-corrected chi connectivity index (χ3v) is 4.93. The zero-order chi connectivity index (χ0) is 15.6. The fourth-order valence-electron chi connectivity index (χ4n) is 2.16. The Morgan fingerprint density at radius 3 is 2.38 bits per heavy atom. The second-order valence-electron chi connectivity index (χ2n) is 4.93. The highest BCUT2D eigenvalue weighted by Crippen LogP contribution is 2.19. The second kappa shape index (κ2) is 5.77. The van der Waals surface area contributed by atoms with E-state index in [1.165, 1.54) is 24.3 Å². The summed E-state index contributed by atoms with van der Waals surface area (Å²) in [5.41, 5.74) is 1.31. The smallest absolute Gasteiger partial charge is 0.186 e. The Hall–Kier alpha value is -2.01. The molecule has 0 fully saturated rings. The van der Waals surface area contributed by atoms with E-state index in [1.54, 1.807) is 19.1 Å². The van der Waals surface area contributed by atoms with Crippen LogP contribution >= 0.6 is 0 Å². The van der Waals surface area contributed by atoms with Gasteiger partial charge in [-0.1, -0.05) is 29.8 Å². The van der Waals surface area contributed by atoms with E-state index in [4.69, 9.17) is 0 Å². The van der Waals surface area contributed by atoms with Crippen molar-refractivity contribution >= 4 is 15.6 Å². The van der Waals surface area contributed by atoms with E-state index in [0.29, 0.717) is 5.56 Å². The van der Waals surface area contributed by atoms with Gasteiger partial charge in [-0.2, -0.15) is 0 Å². The highest BCUT2D eigenvalue weighted by Gasteiger charge is 2.23. The SMILES string of the molecule is Cc1ccc(S(=O)(=O)CC(=O)c2ccccc2F)c(C)c1. The van der Waals surface area contributed by atoms with Crippen LogP contribution in [0.25, 0.3) is 0 Å². The van der Waals surface area contributed by atoms with Gasteiger partial charge in [0.1, 0.15) is 11.6 Å². The van der Waals surface area contributed by atoms with Crippen LogP contribution in [0.2, 0.25) is 0 Å².